The molecule has 0 N–H and O–H groups in total. The minimum Gasteiger partial charge on any atom is -0.456 e. The first-order valence-electron chi connectivity index (χ1n) is 27.6. The number of allylic oxidation sites excluding steroid dienone is 6. The van der Waals surface area contributed by atoms with E-state index in [0.29, 0.717) is 0 Å². The van der Waals surface area contributed by atoms with Gasteiger partial charge in [-0.05, 0) is 89.5 Å². The number of benzene rings is 10. The van der Waals surface area contributed by atoms with Crippen molar-refractivity contribution in [3.8, 4) is 11.5 Å². The van der Waals surface area contributed by atoms with Crippen molar-refractivity contribution >= 4 is 90.4 Å². The lowest BCUT2D eigenvalue weighted by Crippen LogP contribution is -2.37. The zero-order valence-electron chi connectivity index (χ0n) is 45.4. The molecule has 0 amide bonds. The van der Waals surface area contributed by atoms with Gasteiger partial charge in [0.25, 0.3) is 0 Å². The monoisotopic (exact) mass is 1100 g/mol. The third kappa shape index (κ3) is 10.6. The molecule has 13 rings (SSSR count). The van der Waals surface area contributed by atoms with Gasteiger partial charge in [0.15, 0.2) is 0 Å². The summed E-state index contributed by atoms with van der Waals surface area (Å²) in [5.41, 5.74) is 9.93. The van der Waals surface area contributed by atoms with E-state index in [-0.39, 0.29) is 5.41 Å². The van der Waals surface area contributed by atoms with Crippen molar-refractivity contribution < 1.29 is 4.74 Å². The van der Waals surface area contributed by atoms with Crippen molar-refractivity contribution in [2.24, 2.45) is 0 Å². The molecule has 2 aliphatic heterocycles. The van der Waals surface area contributed by atoms with Gasteiger partial charge in [-0.2, -0.15) is 0 Å². The smallest absolute Gasteiger partial charge is 0.135 e. The van der Waals surface area contributed by atoms with E-state index in [9.17, 15) is 0 Å². The van der Waals surface area contributed by atoms with Crippen molar-refractivity contribution in [1.29, 1.82) is 0 Å². The normalized spacial score (nSPS) is 15.0. The molecule has 0 aromatic heterocycles. The van der Waals surface area contributed by atoms with Crippen LogP contribution in [0.4, 0.5) is 0 Å². The van der Waals surface area contributed by atoms with Gasteiger partial charge < -0.3 is 4.74 Å². The molecule has 0 unspecified atom stereocenters. The summed E-state index contributed by atoms with van der Waals surface area (Å²) >= 11 is 0. The summed E-state index contributed by atoms with van der Waals surface area (Å²) in [5.74, 6) is 1.81. The average Bonchev–Trinajstić information content (AvgIpc) is 3.46. The number of ether oxygens (including phenoxy) is 1. The number of hydrogen-bond donors (Lipinski definition) is 0. The van der Waals surface area contributed by atoms with Crippen LogP contribution < -0.4 is 41.8 Å². The summed E-state index contributed by atoms with van der Waals surface area (Å²) in [4.78, 5) is 0. The molecule has 6 heteroatoms. The van der Waals surface area contributed by atoms with Gasteiger partial charge in [-0.3, -0.25) is 0 Å². The van der Waals surface area contributed by atoms with Crippen LogP contribution in [0.5, 0.6) is 11.5 Å². The third-order valence-electron chi connectivity index (χ3n) is 15.6. The summed E-state index contributed by atoms with van der Waals surface area (Å²) < 4.78 is 6.92. The van der Waals surface area contributed by atoms with Crippen LogP contribution in [-0.4, -0.2) is 27.1 Å². The third-order valence-corrected chi connectivity index (χ3v) is 27.4. The van der Waals surface area contributed by atoms with Crippen molar-refractivity contribution in [1.82, 2.24) is 0 Å². The highest BCUT2D eigenvalue weighted by molar-refractivity contribution is 7.80. The number of fused-ring (bicyclic) bond motifs is 1. The molecule has 0 radical (unpaired) electrons. The molecule has 1 nitrogen and oxygen atoms in total. The van der Waals surface area contributed by atoms with E-state index in [4.69, 9.17) is 4.74 Å². The maximum Gasteiger partial charge on any atom is 0.135 e. The van der Waals surface area contributed by atoms with Crippen LogP contribution in [0.25, 0.3) is 10.4 Å². The summed E-state index contributed by atoms with van der Waals surface area (Å²) in [6.07, 6.45) is 5.25. The molecule has 384 valence electrons. The molecular weight excluding hydrogens is 1040 g/mol. The maximum atomic E-state index is 6.92. The van der Waals surface area contributed by atoms with Crippen LogP contribution in [0.3, 0.4) is 0 Å². The van der Waals surface area contributed by atoms with Crippen molar-refractivity contribution in [3.63, 3.8) is 0 Å². The maximum absolute atomic E-state index is 6.92. The Morgan fingerprint density at radius 1 is 0.367 bits per heavy atom. The van der Waals surface area contributed by atoms with Gasteiger partial charge >= 0.3 is 0 Å². The first-order chi connectivity index (χ1) is 38.7. The zero-order chi connectivity index (χ0) is 53.8. The van der Waals surface area contributed by atoms with Crippen LogP contribution in [0.15, 0.2) is 313 Å². The van der Waals surface area contributed by atoms with E-state index in [2.05, 4.69) is 318 Å². The molecule has 3 aliphatic rings. The summed E-state index contributed by atoms with van der Waals surface area (Å²) in [7, 11) is -4.19. The van der Waals surface area contributed by atoms with Gasteiger partial charge in [0, 0.05) is 10.6 Å². The molecule has 0 atom stereocenters. The van der Waals surface area contributed by atoms with Crippen LogP contribution in [0.2, 0.25) is 19.6 Å². The Balaban J connectivity index is 0.000000158. The Kier molecular flexibility index (Phi) is 15.2. The Hall–Kier alpha value is -7.53. The van der Waals surface area contributed by atoms with Gasteiger partial charge in [-0.25, -0.2) is 0 Å². The Morgan fingerprint density at radius 2 is 0.722 bits per heavy atom. The van der Waals surface area contributed by atoms with E-state index in [1.165, 1.54) is 59.6 Å². The van der Waals surface area contributed by atoms with Crippen molar-refractivity contribution in [2.45, 2.75) is 32.0 Å². The van der Waals surface area contributed by atoms with Crippen LogP contribution in [-0.2, 0) is 5.41 Å². The van der Waals surface area contributed by atoms with Gasteiger partial charge in [0.05, 0.1) is 32.5 Å². The lowest BCUT2D eigenvalue weighted by Gasteiger charge is -2.35. The molecule has 1 aliphatic carbocycles. The highest BCUT2D eigenvalue weighted by Gasteiger charge is 2.51. The zero-order valence-corrected chi connectivity index (χ0v) is 51.0. The molecule has 10 aromatic rings. The second kappa shape index (κ2) is 23.0. The van der Waals surface area contributed by atoms with Crippen molar-refractivity contribution in [2.75, 3.05) is 0 Å². The molecule has 10 aromatic carbocycles. The second-order valence-corrected chi connectivity index (χ2v) is 34.8. The average molecular weight is 1100 g/mol. The topological polar surface area (TPSA) is 9.23 Å². The predicted octanol–water partition coefficient (Wildman–Crippen LogP) is 13.8. The first-order valence-corrected chi connectivity index (χ1v) is 36.6. The van der Waals surface area contributed by atoms with Gasteiger partial charge in [-0.1, -0.05) is 330 Å². The van der Waals surface area contributed by atoms with E-state index in [0.717, 1.165) is 11.5 Å². The molecule has 0 saturated heterocycles. The molecule has 0 bridgehead atoms. The standard InChI is InChI=1S/C37H36Si3.C36H28OP2/c1-25-13-11-14-26(21-25)33-23-31-35(38-33)36-32(24-34(39-36)27-15-12-20-30(22-27)40(2,3)4)37(31,28-16-7-5-8-17-28)29-18-9-6-10-19-29;1-5-17-29(18-6-1)38(30-19-7-2-8-20-30)35-27-15-13-25-33(35)37-34-26-14-16-28-36(34)39(31-21-9-3-10-22-31)32-23-11-4-12-24-32/h5-24H,38-39H2,1-4H3;1-28H. The molecule has 0 spiro atoms. The van der Waals surface area contributed by atoms with Gasteiger partial charge in [0.2, 0.25) is 0 Å². The molecule has 0 fully saturated rings. The fraction of sp³-hybridized carbons (Fsp3) is 0.0685. The molecular formula is C73H64OP2Si3. The van der Waals surface area contributed by atoms with Crippen LogP contribution >= 0.6 is 15.8 Å². The lowest BCUT2D eigenvalue weighted by atomic mass is 9.66. The molecule has 0 saturated carbocycles. The SMILES string of the molecule is Cc1cccc(C2=CC3=C([SiH2]2)C2=C(C=C(c4cccc([Si](C)(C)C)c4)[SiH2]2)C3(c2ccccc2)c2ccccc2)c1.c1ccc(P(c2ccccc2)c2ccccc2Oc2ccccc2P(c2ccccc2)c2ccccc2)cc1. The fourth-order valence-electron chi connectivity index (χ4n) is 11.9. The fourth-order valence-corrected chi connectivity index (χ4v) is 22.7. The number of para-hydroxylation sites is 2. The lowest BCUT2D eigenvalue weighted by molar-refractivity contribution is 0.491. The minimum atomic E-state index is -1.39. The molecule has 2 heterocycles. The number of hydrogen-bond acceptors (Lipinski definition) is 1. The number of rotatable bonds is 13. The van der Waals surface area contributed by atoms with Crippen LogP contribution in [0.1, 0.15) is 27.8 Å². The highest BCUT2D eigenvalue weighted by atomic mass is 31.1. The highest BCUT2D eigenvalue weighted by Crippen LogP contribution is 2.59. The van der Waals surface area contributed by atoms with Crippen LogP contribution in [0, 0.1) is 6.92 Å². The predicted molar refractivity (Wildman–Crippen MR) is 352 cm³/mol. The Labute approximate surface area is 476 Å². The minimum absolute atomic E-state index is 0.239. The Bertz CT molecular complexity index is 3660. The summed E-state index contributed by atoms with van der Waals surface area (Å²) in [5, 5.41) is 15.9. The quantitative estimate of drug-likeness (QED) is 0.0826. The van der Waals surface area contributed by atoms with Gasteiger partial charge in [-0.15, -0.1) is 0 Å². The van der Waals surface area contributed by atoms with E-state index in [1.807, 2.05) is 0 Å². The summed E-state index contributed by atoms with van der Waals surface area (Å²) in [6, 6.07) is 102. The van der Waals surface area contributed by atoms with E-state index >= 15 is 0 Å². The summed E-state index contributed by atoms with van der Waals surface area (Å²) in [6.45, 7) is 9.59. The van der Waals surface area contributed by atoms with Crippen molar-refractivity contribution in [3.05, 3.63) is 341 Å². The van der Waals surface area contributed by atoms with Gasteiger partial charge in [0.1, 0.15) is 11.5 Å². The second-order valence-electron chi connectivity index (χ2n) is 21.7. The van der Waals surface area contributed by atoms with E-state index in [1.54, 1.807) is 37.1 Å². The first kappa shape index (κ1) is 52.2. The molecule has 79 heavy (non-hydrogen) atoms. The number of aryl methyl sites for hydroxylation is 1. The Morgan fingerprint density at radius 3 is 1.11 bits per heavy atom. The largest absolute Gasteiger partial charge is 0.456 e. The van der Waals surface area contributed by atoms with E-state index < -0.39 is 43.0 Å².